The van der Waals surface area contributed by atoms with Gasteiger partial charge in [-0.1, -0.05) is 35.9 Å². The molecule has 1 unspecified atom stereocenters. The predicted octanol–water partition coefficient (Wildman–Crippen LogP) is 5.98. The summed E-state index contributed by atoms with van der Waals surface area (Å²) in [7, 11) is 0. The van der Waals surface area contributed by atoms with Crippen LogP contribution in [0, 0.1) is 13.8 Å². The van der Waals surface area contributed by atoms with Gasteiger partial charge in [-0.25, -0.2) is 0 Å². The Morgan fingerprint density at radius 1 is 1.00 bits per heavy atom. The van der Waals surface area contributed by atoms with Gasteiger partial charge in [0.15, 0.2) is 0 Å². The Hall–Kier alpha value is -3.57. The molecule has 1 N–H and O–H groups in total. The largest absolute Gasteiger partial charge is 0.507 e. The lowest BCUT2D eigenvalue weighted by molar-refractivity contribution is -0.132. The van der Waals surface area contributed by atoms with Gasteiger partial charge < -0.3 is 9.84 Å². The van der Waals surface area contributed by atoms with Crippen LogP contribution >= 0.6 is 11.6 Å². The molecule has 1 heterocycles. The molecule has 33 heavy (non-hydrogen) atoms. The van der Waals surface area contributed by atoms with Crippen LogP contribution in [0.25, 0.3) is 5.76 Å². The number of benzene rings is 3. The molecule has 3 aromatic carbocycles. The van der Waals surface area contributed by atoms with Gasteiger partial charge in [-0.2, -0.15) is 0 Å². The van der Waals surface area contributed by atoms with Crippen LogP contribution in [-0.4, -0.2) is 23.4 Å². The smallest absolute Gasteiger partial charge is 0.300 e. The minimum atomic E-state index is -0.826. The van der Waals surface area contributed by atoms with Crippen LogP contribution in [-0.2, 0) is 9.59 Å². The number of ketones is 1. The van der Waals surface area contributed by atoms with E-state index in [1.165, 1.54) is 4.90 Å². The lowest BCUT2D eigenvalue weighted by Crippen LogP contribution is -2.29. The minimum absolute atomic E-state index is 0.0341. The Balaban J connectivity index is 1.94. The van der Waals surface area contributed by atoms with Crippen molar-refractivity contribution in [2.45, 2.75) is 26.8 Å². The Kier molecular flexibility index (Phi) is 6.25. The van der Waals surface area contributed by atoms with E-state index in [-0.39, 0.29) is 11.3 Å². The summed E-state index contributed by atoms with van der Waals surface area (Å²) in [4.78, 5) is 27.9. The number of amides is 1. The minimum Gasteiger partial charge on any atom is -0.507 e. The van der Waals surface area contributed by atoms with Gasteiger partial charge in [0.2, 0.25) is 0 Å². The molecule has 1 fully saturated rings. The second-order valence-electron chi connectivity index (χ2n) is 7.95. The molecule has 0 aliphatic carbocycles. The number of halogens is 1. The van der Waals surface area contributed by atoms with Crippen molar-refractivity contribution in [3.05, 3.63) is 99.6 Å². The van der Waals surface area contributed by atoms with E-state index in [9.17, 15) is 14.7 Å². The van der Waals surface area contributed by atoms with Crippen LogP contribution in [0.3, 0.4) is 0 Å². The molecular formula is C27H24ClNO4. The molecule has 1 atom stereocenters. The highest BCUT2D eigenvalue weighted by Crippen LogP contribution is 2.43. The fraction of sp³-hybridized carbons (Fsp3) is 0.185. The maximum Gasteiger partial charge on any atom is 0.300 e. The number of aryl methyl sites for hydroxylation is 2. The first-order valence-electron chi connectivity index (χ1n) is 10.7. The van der Waals surface area contributed by atoms with Crippen LogP contribution < -0.4 is 9.64 Å². The molecule has 5 nitrogen and oxygen atoms in total. The van der Waals surface area contributed by atoms with Crippen molar-refractivity contribution >= 4 is 34.7 Å². The second-order valence-corrected chi connectivity index (χ2v) is 8.39. The average Bonchev–Trinajstić information content (AvgIpc) is 3.07. The molecule has 1 amide bonds. The van der Waals surface area contributed by atoms with Crippen LogP contribution in [0.5, 0.6) is 5.75 Å². The number of carbonyl (C=O) groups is 2. The van der Waals surface area contributed by atoms with Crippen molar-refractivity contribution in [3.8, 4) is 5.75 Å². The summed E-state index contributed by atoms with van der Waals surface area (Å²) in [5.41, 5.74) is 3.72. The summed E-state index contributed by atoms with van der Waals surface area (Å²) < 4.78 is 5.64. The number of rotatable bonds is 5. The molecule has 0 saturated carbocycles. The molecule has 1 aliphatic heterocycles. The highest BCUT2D eigenvalue weighted by Gasteiger charge is 2.47. The summed E-state index contributed by atoms with van der Waals surface area (Å²) in [6.07, 6.45) is 0. The molecular weight excluding hydrogens is 438 g/mol. The quantitative estimate of drug-likeness (QED) is 0.288. The Bertz CT molecular complexity index is 1260. The zero-order chi connectivity index (χ0) is 23.7. The van der Waals surface area contributed by atoms with Crippen molar-refractivity contribution in [1.29, 1.82) is 0 Å². The zero-order valence-corrected chi connectivity index (χ0v) is 19.4. The van der Waals surface area contributed by atoms with E-state index in [2.05, 4.69) is 0 Å². The van der Waals surface area contributed by atoms with Crippen molar-refractivity contribution < 1.29 is 19.4 Å². The molecule has 4 rings (SSSR count). The van der Waals surface area contributed by atoms with Crippen molar-refractivity contribution in [2.75, 3.05) is 11.5 Å². The van der Waals surface area contributed by atoms with E-state index in [0.29, 0.717) is 34.2 Å². The van der Waals surface area contributed by atoms with Crippen LogP contribution in [0.15, 0.2) is 72.3 Å². The van der Waals surface area contributed by atoms with Gasteiger partial charge in [-0.3, -0.25) is 14.5 Å². The Labute approximate surface area is 197 Å². The number of hydrogen-bond donors (Lipinski definition) is 1. The summed E-state index contributed by atoms with van der Waals surface area (Å²) in [5, 5.41) is 11.8. The number of hydrogen-bond acceptors (Lipinski definition) is 4. The molecule has 168 valence electrons. The van der Waals surface area contributed by atoms with Crippen molar-refractivity contribution in [3.63, 3.8) is 0 Å². The summed E-state index contributed by atoms with van der Waals surface area (Å²) in [6, 6.07) is 18.5. The molecule has 0 aromatic heterocycles. The van der Waals surface area contributed by atoms with Gasteiger partial charge >= 0.3 is 0 Å². The van der Waals surface area contributed by atoms with Gasteiger partial charge in [0, 0.05) is 16.3 Å². The lowest BCUT2D eigenvalue weighted by Gasteiger charge is -2.26. The van der Waals surface area contributed by atoms with E-state index in [4.69, 9.17) is 16.3 Å². The van der Waals surface area contributed by atoms with Gasteiger partial charge in [0.25, 0.3) is 11.7 Å². The second kappa shape index (κ2) is 9.12. The van der Waals surface area contributed by atoms with Crippen LogP contribution in [0.2, 0.25) is 5.02 Å². The molecule has 0 radical (unpaired) electrons. The number of carbonyl (C=O) groups excluding carboxylic acids is 2. The highest BCUT2D eigenvalue weighted by atomic mass is 35.5. The lowest BCUT2D eigenvalue weighted by atomic mass is 9.94. The molecule has 6 heteroatoms. The molecule has 0 spiro atoms. The zero-order valence-electron chi connectivity index (χ0n) is 18.6. The van der Waals surface area contributed by atoms with Crippen molar-refractivity contribution in [2.24, 2.45) is 0 Å². The number of ether oxygens (including phenoxy) is 1. The van der Waals surface area contributed by atoms with Crippen molar-refractivity contribution in [1.82, 2.24) is 0 Å². The molecule has 1 saturated heterocycles. The highest BCUT2D eigenvalue weighted by molar-refractivity contribution is 6.51. The first-order chi connectivity index (χ1) is 15.8. The maximum absolute atomic E-state index is 13.3. The van der Waals surface area contributed by atoms with E-state index >= 15 is 0 Å². The van der Waals surface area contributed by atoms with E-state index in [1.807, 2.05) is 45.0 Å². The fourth-order valence-electron chi connectivity index (χ4n) is 4.00. The van der Waals surface area contributed by atoms with Crippen LogP contribution in [0.4, 0.5) is 5.69 Å². The average molecular weight is 462 g/mol. The summed E-state index contributed by atoms with van der Waals surface area (Å²) in [5.74, 6) is -1.05. The summed E-state index contributed by atoms with van der Waals surface area (Å²) >= 11 is 6.04. The monoisotopic (exact) mass is 461 g/mol. The fourth-order valence-corrected chi connectivity index (χ4v) is 4.13. The molecule has 3 aromatic rings. The van der Waals surface area contributed by atoms with E-state index in [1.54, 1.807) is 42.5 Å². The topological polar surface area (TPSA) is 66.8 Å². The third-order valence-electron chi connectivity index (χ3n) is 5.81. The molecule has 1 aliphatic rings. The predicted molar refractivity (Wildman–Crippen MR) is 130 cm³/mol. The number of aliphatic hydroxyl groups is 1. The normalized spacial score (nSPS) is 17.5. The van der Waals surface area contributed by atoms with Gasteiger partial charge in [0.05, 0.1) is 18.2 Å². The Morgan fingerprint density at radius 3 is 2.39 bits per heavy atom. The standard InChI is InChI=1S/C27H24ClNO4/c1-4-33-22-7-5-6-18(15-22)24-23(25(30)19-9-8-16(2)17(3)14-19)26(31)27(32)29(24)21-12-10-20(28)11-13-21/h5-15,24,30H,4H2,1-3H3/b25-23-. The number of Topliss-reactive ketones (excluding diaryl/α,β-unsaturated/α-hetero) is 1. The van der Waals surface area contributed by atoms with E-state index in [0.717, 1.165) is 11.1 Å². The first-order valence-corrected chi connectivity index (χ1v) is 11.1. The number of nitrogens with zero attached hydrogens (tertiary/aromatic N) is 1. The number of anilines is 1. The SMILES string of the molecule is CCOc1cccc(C2/C(=C(/O)c3ccc(C)c(C)c3)C(=O)C(=O)N2c2ccc(Cl)cc2)c1. The summed E-state index contributed by atoms with van der Waals surface area (Å²) in [6.45, 7) is 6.26. The van der Waals surface area contributed by atoms with Crippen LogP contribution in [0.1, 0.15) is 35.2 Å². The van der Waals surface area contributed by atoms with Gasteiger partial charge in [-0.05, 0) is 79.9 Å². The van der Waals surface area contributed by atoms with Gasteiger partial charge in [0.1, 0.15) is 11.5 Å². The third-order valence-corrected chi connectivity index (χ3v) is 6.07. The van der Waals surface area contributed by atoms with Gasteiger partial charge in [-0.15, -0.1) is 0 Å². The third kappa shape index (κ3) is 4.24. The number of aliphatic hydroxyl groups excluding tert-OH is 1. The first kappa shape index (κ1) is 22.6. The Morgan fingerprint density at radius 2 is 1.73 bits per heavy atom. The maximum atomic E-state index is 13.3. The van der Waals surface area contributed by atoms with E-state index < -0.39 is 17.7 Å². The molecule has 0 bridgehead atoms.